The molecule has 0 saturated heterocycles. The van der Waals surface area contributed by atoms with Crippen LogP contribution in [-0.2, 0) is 0 Å². The van der Waals surface area contributed by atoms with E-state index in [1.54, 1.807) is 20.8 Å². The molecule has 1 unspecified atom stereocenters. The predicted octanol–water partition coefficient (Wildman–Crippen LogP) is 2.45. The van der Waals surface area contributed by atoms with Gasteiger partial charge in [0.1, 0.15) is 0 Å². The van der Waals surface area contributed by atoms with Crippen molar-refractivity contribution in [2.75, 3.05) is 6.54 Å². The van der Waals surface area contributed by atoms with E-state index in [9.17, 15) is 18.3 Å². The van der Waals surface area contributed by atoms with Gasteiger partial charge in [-0.3, -0.25) is 0 Å². The Labute approximate surface area is 88.7 Å². The molecule has 0 aromatic carbocycles. The van der Waals surface area contributed by atoms with Crippen molar-refractivity contribution in [3.63, 3.8) is 0 Å². The molecule has 0 aliphatic carbocycles. The summed E-state index contributed by atoms with van der Waals surface area (Å²) in [7, 11) is 0. The summed E-state index contributed by atoms with van der Waals surface area (Å²) in [5.41, 5.74) is 3.68. The number of hydrogen-bond donors (Lipinski definition) is 2. The van der Waals surface area contributed by atoms with Gasteiger partial charge in [-0.2, -0.15) is 13.2 Å². The third-order valence-corrected chi connectivity index (χ3v) is 2.78. The van der Waals surface area contributed by atoms with Crippen LogP contribution in [0, 0.1) is 5.41 Å². The third-order valence-electron chi connectivity index (χ3n) is 2.78. The maximum Gasteiger partial charge on any atom is 0.389 e. The highest BCUT2D eigenvalue weighted by Crippen LogP contribution is 2.35. The molecule has 0 aliphatic heterocycles. The molecular formula is C10H20F3NO. The summed E-state index contributed by atoms with van der Waals surface area (Å²) in [6.45, 7) is 5.29. The number of alkyl halides is 3. The smallest absolute Gasteiger partial charge is 0.388 e. The fourth-order valence-electron chi connectivity index (χ4n) is 1.36. The molecule has 0 rings (SSSR count). The van der Waals surface area contributed by atoms with Crippen molar-refractivity contribution in [1.82, 2.24) is 0 Å². The summed E-state index contributed by atoms with van der Waals surface area (Å²) in [6, 6.07) is 0. The van der Waals surface area contributed by atoms with E-state index >= 15 is 0 Å². The quantitative estimate of drug-likeness (QED) is 0.775. The van der Waals surface area contributed by atoms with Crippen molar-refractivity contribution in [3.8, 4) is 0 Å². The summed E-state index contributed by atoms with van der Waals surface area (Å²) in [5, 5.41) is 10.1. The molecule has 1 atom stereocenters. The molecule has 0 aliphatic rings. The lowest BCUT2D eigenvalue weighted by atomic mass is 9.73. The standard InChI is InChI=1S/C10H20F3NO/c1-8(2,3)9(15,7-14)5-4-6-10(11,12)13/h15H,4-7,14H2,1-3H3. The zero-order valence-corrected chi connectivity index (χ0v) is 9.49. The molecule has 0 aromatic rings. The van der Waals surface area contributed by atoms with Crippen molar-refractivity contribution in [2.24, 2.45) is 11.1 Å². The Balaban J connectivity index is 4.24. The van der Waals surface area contributed by atoms with Gasteiger partial charge in [0.25, 0.3) is 0 Å². The van der Waals surface area contributed by atoms with Crippen LogP contribution in [0.3, 0.4) is 0 Å². The maximum atomic E-state index is 11.9. The molecule has 0 radical (unpaired) electrons. The highest BCUT2D eigenvalue weighted by Gasteiger charge is 2.39. The fraction of sp³-hybridized carbons (Fsp3) is 1.00. The average molecular weight is 227 g/mol. The van der Waals surface area contributed by atoms with Crippen molar-refractivity contribution in [3.05, 3.63) is 0 Å². The lowest BCUT2D eigenvalue weighted by Crippen LogP contribution is -2.49. The molecule has 92 valence electrons. The summed E-state index contributed by atoms with van der Waals surface area (Å²) >= 11 is 0. The van der Waals surface area contributed by atoms with Crippen LogP contribution in [0.15, 0.2) is 0 Å². The van der Waals surface area contributed by atoms with Gasteiger partial charge < -0.3 is 10.8 Å². The van der Waals surface area contributed by atoms with Gasteiger partial charge in [0.05, 0.1) is 5.60 Å². The van der Waals surface area contributed by atoms with Crippen LogP contribution in [0.4, 0.5) is 13.2 Å². The monoisotopic (exact) mass is 227 g/mol. The predicted molar refractivity (Wildman–Crippen MR) is 53.4 cm³/mol. The molecule has 0 amide bonds. The SMILES string of the molecule is CC(C)(C)C(O)(CN)CCCC(F)(F)F. The van der Waals surface area contributed by atoms with Crippen molar-refractivity contribution in [1.29, 1.82) is 0 Å². The molecule has 5 heteroatoms. The minimum atomic E-state index is -4.16. The third kappa shape index (κ3) is 4.84. The molecule has 0 aromatic heterocycles. The van der Waals surface area contributed by atoms with Crippen LogP contribution in [0.1, 0.15) is 40.0 Å². The van der Waals surface area contributed by atoms with Gasteiger partial charge in [-0.1, -0.05) is 20.8 Å². The minimum Gasteiger partial charge on any atom is -0.388 e. The largest absolute Gasteiger partial charge is 0.389 e. The van der Waals surface area contributed by atoms with Gasteiger partial charge in [-0.15, -0.1) is 0 Å². The van der Waals surface area contributed by atoms with Gasteiger partial charge in [-0.05, 0) is 18.3 Å². The van der Waals surface area contributed by atoms with Crippen LogP contribution in [-0.4, -0.2) is 23.4 Å². The summed E-state index contributed by atoms with van der Waals surface area (Å²) < 4.78 is 35.8. The van der Waals surface area contributed by atoms with E-state index in [0.717, 1.165) is 0 Å². The summed E-state index contributed by atoms with van der Waals surface area (Å²) in [5.74, 6) is 0. The first-order chi connectivity index (χ1) is 6.52. The van der Waals surface area contributed by atoms with E-state index in [4.69, 9.17) is 5.73 Å². The Hall–Kier alpha value is -0.290. The Kier molecular flexibility index (Phi) is 4.61. The van der Waals surface area contributed by atoms with E-state index in [1.165, 1.54) is 0 Å². The van der Waals surface area contributed by atoms with Gasteiger partial charge >= 0.3 is 6.18 Å². The number of aliphatic hydroxyl groups is 1. The Morgan fingerprint density at radius 3 is 1.80 bits per heavy atom. The van der Waals surface area contributed by atoms with Crippen LogP contribution in [0.5, 0.6) is 0 Å². The summed E-state index contributed by atoms with van der Waals surface area (Å²) in [4.78, 5) is 0. The molecule has 3 N–H and O–H groups in total. The van der Waals surface area contributed by atoms with Crippen LogP contribution in [0.2, 0.25) is 0 Å². The molecule has 0 saturated carbocycles. The normalized spacial score (nSPS) is 17.6. The van der Waals surface area contributed by atoms with Gasteiger partial charge in [0.2, 0.25) is 0 Å². The van der Waals surface area contributed by atoms with Crippen LogP contribution in [0.25, 0.3) is 0 Å². The zero-order valence-electron chi connectivity index (χ0n) is 9.49. The second-order valence-corrected chi connectivity index (χ2v) is 4.95. The van der Waals surface area contributed by atoms with Crippen molar-refractivity contribution in [2.45, 2.75) is 51.8 Å². The van der Waals surface area contributed by atoms with Crippen molar-refractivity contribution >= 4 is 0 Å². The van der Waals surface area contributed by atoms with Gasteiger partial charge in [-0.25, -0.2) is 0 Å². The highest BCUT2D eigenvalue weighted by molar-refractivity contribution is 4.91. The minimum absolute atomic E-state index is 0.0195. The van der Waals surface area contributed by atoms with E-state index in [0.29, 0.717) is 0 Å². The van der Waals surface area contributed by atoms with E-state index in [-0.39, 0.29) is 19.4 Å². The highest BCUT2D eigenvalue weighted by atomic mass is 19.4. The van der Waals surface area contributed by atoms with Gasteiger partial charge in [0, 0.05) is 13.0 Å². The molecule has 0 spiro atoms. The Morgan fingerprint density at radius 2 is 1.53 bits per heavy atom. The second-order valence-electron chi connectivity index (χ2n) is 4.95. The maximum absolute atomic E-state index is 11.9. The lowest BCUT2D eigenvalue weighted by molar-refractivity contribution is -0.140. The first-order valence-electron chi connectivity index (χ1n) is 5.01. The number of nitrogens with two attached hydrogens (primary N) is 1. The van der Waals surface area contributed by atoms with Crippen molar-refractivity contribution < 1.29 is 18.3 Å². The fourth-order valence-corrected chi connectivity index (χ4v) is 1.36. The second kappa shape index (κ2) is 4.70. The molecule has 2 nitrogen and oxygen atoms in total. The lowest BCUT2D eigenvalue weighted by Gasteiger charge is -2.39. The molecule has 15 heavy (non-hydrogen) atoms. The van der Waals surface area contributed by atoms with Crippen LogP contribution < -0.4 is 5.73 Å². The Morgan fingerprint density at radius 1 is 1.07 bits per heavy atom. The molecular weight excluding hydrogens is 207 g/mol. The number of hydrogen-bond acceptors (Lipinski definition) is 2. The van der Waals surface area contributed by atoms with E-state index in [1.807, 2.05) is 0 Å². The first kappa shape index (κ1) is 14.7. The van der Waals surface area contributed by atoms with Gasteiger partial charge in [0.15, 0.2) is 0 Å². The first-order valence-corrected chi connectivity index (χ1v) is 5.01. The molecule has 0 heterocycles. The molecule has 0 fully saturated rings. The van der Waals surface area contributed by atoms with E-state index in [2.05, 4.69) is 0 Å². The number of rotatable bonds is 4. The molecule has 0 bridgehead atoms. The Bertz CT molecular complexity index is 198. The summed E-state index contributed by atoms with van der Waals surface area (Å²) in [6.07, 6.45) is -5.04. The van der Waals surface area contributed by atoms with Crippen LogP contribution >= 0.6 is 0 Å². The average Bonchev–Trinajstić information content (AvgIpc) is 1.99. The topological polar surface area (TPSA) is 46.2 Å². The van der Waals surface area contributed by atoms with E-state index < -0.39 is 23.6 Å². The number of halogens is 3. The zero-order chi connectivity index (χ0) is 12.3.